The van der Waals surface area contributed by atoms with E-state index in [4.69, 9.17) is 10.8 Å². The van der Waals surface area contributed by atoms with E-state index in [2.05, 4.69) is 15.0 Å². The van der Waals surface area contributed by atoms with E-state index in [0.717, 1.165) is 0 Å². The third kappa shape index (κ3) is 1.17. The summed E-state index contributed by atoms with van der Waals surface area (Å²) in [7, 11) is 0. The highest BCUT2D eigenvalue weighted by atomic mass is 16.4. The molecule has 6 heteroatoms. The molecular formula is C8H8N4O2. The number of nitrogen functional groups attached to an aromatic ring is 1. The first kappa shape index (κ1) is 8.49. The monoisotopic (exact) mass is 192 g/mol. The molecular weight excluding hydrogens is 184 g/mol. The van der Waals surface area contributed by atoms with Gasteiger partial charge in [0.15, 0.2) is 0 Å². The van der Waals surface area contributed by atoms with Crippen LogP contribution in [0, 0.1) is 6.92 Å². The van der Waals surface area contributed by atoms with Crippen LogP contribution in [0.25, 0.3) is 11.0 Å². The Morgan fingerprint density at radius 1 is 1.57 bits per heavy atom. The summed E-state index contributed by atoms with van der Waals surface area (Å²) in [5, 5.41) is 9.26. The number of aromatic amines is 1. The first-order valence-electron chi connectivity index (χ1n) is 3.94. The Labute approximate surface area is 78.8 Å². The van der Waals surface area contributed by atoms with Crippen molar-refractivity contribution in [1.29, 1.82) is 0 Å². The maximum atomic E-state index is 10.6. The molecule has 0 saturated carbocycles. The minimum absolute atomic E-state index is 0.0617. The van der Waals surface area contributed by atoms with Crippen LogP contribution in [-0.2, 0) is 0 Å². The van der Waals surface area contributed by atoms with Crippen LogP contribution in [-0.4, -0.2) is 26.0 Å². The number of carboxylic acid groups (broad SMARTS) is 1. The van der Waals surface area contributed by atoms with E-state index in [0.29, 0.717) is 16.9 Å². The number of carboxylic acids is 1. The molecule has 0 aliphatic carbocycles. The average Bonchev–Trinajstić information content (AvgIpc) is 2.47. The van der Waals surface area contributed by atoms with Crippen LogP contribution in [0.2, 0.25) is 0 Å². The molecule has 0 aliphatic rings. The van der Waals surface area contributed by atoms with Gasteiger partial charge in [0.25, 0.3) is 0 Å². The number of nitrogens with zero attached hydrogens (tertiary/aromatic N) is 2. The van der Waals surface area contributed by atoms with E-state index in [1.54, 1.807) is 6.92 Å². The van der Waals surface area contributed by atoms with Gasteiger partial charge in [0.2, 0.25) is 0 Å². The molecule has 2 rings (SSSR count). The number of H-pyrrole nitrogens is 1. The number of nitrogens with two attached hydrogens (primary N) is 1. The number of aryl methyl sites for hydroxylation is 1. The number of carbonyl (C=O) groups is 1. The molecule has 2 aromatic heterocycles. The number of anilines is 1. The molecule has 0 fully saturated rings. The summed E-state index contributed by atoms with van der Waals surface area (Å²) in [6, 6.07) is 1.42. The standard InChI is InChI=1S/C8H8N4O2/c1-3-10-6(9)4-2-5(8(13)14)12-7(4)11-3/h2H,1H3,(H,13,14)(H3,9,10,11,12). The lowest BCUT2D eigenvalue weighted by Crippen LogP contribution is -1.96. The van der Waals surface area contributed by atoms with Gasteiger partial charge < -0.3 is 15.8 Å². The molecule has 72 valence electrons. The summed E-state index contributed by atoms with van der Waals surface area (Å²) in [5.74, 6) is -0.245. The van der Waals surface area contributed by atoms with Crippen LogP contribution < -0.4 is 5.73 Å². The van der Waals surface area contributed by atoms with Crippen molar-refractivity contribution in [3.05, 3.63) is 17.6 Å². The second kappa shape index (κ2) is 2.69. The van der Waals surface area contributed by atoms with Crippen LogP contribution in [0.5, 0.6) is 0 Å². The van der Waals surface area contributed by atoms with E-state index in [9.17, 15) is 4.79 Å². The fourth-order valence-corrected chi connectivity index (χ4v) is 1.26. The second-order valence-electron chi connectivity index (χ2n) is 2.91. The molecule has 0 aromatic carbocycles. The van der Waals surface area contributed by atoms with Crippen LogP contribution in [0.1, 0.15) is 16.3 Å². The maximum absolute atomic E-state index is 10.6. The Hall–Kier alpha value is -2.11. The number of hydrogen-bond acceptors (Lipinski definition) is 4. The van der Waals surface area contributed by atoms with E-state index >= 15 is 0 Å². The molecule has 0 spiro atoms. The molecule has 14 heavy (non-hydrogen) atoms. The van der Waals surface area contributed by atoms with Crippen LogP contribution >= 0.6 is 0 Å². The molecule has 4 N–H and O–H groups in total. The highest BCUT2D eigenvalue weighted by Gasteiger charge is 2.11. The van der Waals surface area contributed by atoms with Gasteiger partial charge >= 0.3 is 5.97 Å². The van der Waals surface area contributed by atoms with Crippen molar-refractivity contribution in [2.24, 2.45) is 0 Å². The normalized spacial score (nSPS) is 10.6. The minimum Gasteiger partial charge on any atom is -0.477 e. The Kier molecular flexibility index (Phi) is 1.63. The third-order valence-electron chi connectivity index (χ3n) is 1.86. The zero-order chi connectivity index (χ0) is 10.3. The van der Waals surface area contributed by atoms with Gasteiger partial charge in [-0.3, -0.25) is 0 Å². The smallest absolute Gasteiger partial charge is 0.352 e. The number of aromatic nitrogens is 3. The molecule has 6 nitrogen and oxygen atoms in total. The molecule has 0 radical (unpaired) electrons. The number of rotatable bonds is 1. The topological polar surface area (TPSA) is 105 Å². The number of nitrogens with one attached hydrogen (secondary N) is 1. The Morgan fingerprint density at radius 2 is 2.29 bits per heavy atom. The largest absolute Gasteiger partial charge is 0.477 e. The number of fused-ring (bicyclic) bond motifs is 1. The number of hydrogen-bond donors (Lipinski definition) is 3. The summed E-state index contributed by atoms with van der Waals surface area (Å²) < 4.78 is 0. The van der Waals surface area contributed by atoms with E-state index in [1.807, 2.05) is 0 Å². The lowest BCUT2D eigenvalue weighted by molar-refractivity contribution is 0.0691. The predicted octanol–water partition coefficient (Wildman–Crippen LogP) is 0.547. The summed E-state index contributed by atoms with van der Waals surface area (Å²) in [6.07, 6.45) is 0. The van der Waals surface area contributed by atoms with E-state index in [1.165, 1.54) is 6.07 Å². The lowest BCUT2D eigenvalue weighted by Gasteiger charge is -1.95. The summed E-state index contributed by atoms with van der Waals surface area (Å²) >= 11 is 0. The van der Waals surface area contributed by atoms with Gasteiger partial charge in [-0.2, -0.15) is 0 Å². The fourth-order valence-electron chi connectivity index (χ4n) is 1.26. The fraction of sp³-hybridized carbons (Fsp3) is 0.125. The maximum Gasteiger partial charge on any atom is 0.352 e. The van der Waals surface area contributed by atoms with Gasteiger partial charge in [0, 0.05) is 0 Å². The van der Waals surface area contributed by atoms with Crippen molar-refractivity contribution in [3.8, 4) is 0 Å². The van der Waals surface area contributed by atoms with Crippen molar-refractivity contribution in [2.75, 3.05) is 5.73 Å². The van der Waals surface area contributed by atoms with Gasteiger partial charge in [0.05, 0.1) is 5.39 Å². The Balaban J connectivity index is 2.76. The van der Waals surface area contributed by atoms with Crippen LogP contribution in [0.3, 0.4) is 0 Å². The first-order valence-corrected chi connectivity index (χ1v) is 3.94. The predicted molar refractivity (Wildman–Crippen MR) is 50.0 cm³/mol. The molecule has 2 aromatic rings. The molecule has 0 unspecified atom stereocenters. The van der Waals surface area contributed by atoms with Gasteiger partial charge in [-0.15, -0.1) is 0 Å². The van der Waals surface area contributed by atoms with Gasteiger partial charge in [-0.25, -0.2) is 14.8 Å². The SMILES string of the molecule is Cc1nc(N)c2cc(C(=O)O)[nH]c2n1. The van der Waals surface area contributed by atoms with Crippen molar-refractivity contribution in [2.45, 2.75) is 6.92 Å². The van der Waals surface area contributed by atoms with Crippen LogP contribution in [0.15, 0.2) is 6.07 Å². The summed E-state index contributed by atoms with van der Waals surface area (Å²) in [6.45, 7) is 1.69. The van der Waals surface area contributed by atoms with Crippen molar-refractivity contribution in [1.82, 2.24) is 15.0 Å². The molecule has 0 aliphatic heterocycles. The molecule has 2 heterocycles. The van der Waals surface area contributed by atoms with Crippen molar-refractivity contribution < 1.29 is 9.90 Å². The van der Waals surface area contributed by atoms with E-state index in [-0.39, 0.29) is 11.5 Å². The zero-order valence-corrected chi connectivity index (χ0v) is 7.40. The molecule has 0 atom stereocenters. The van der Waals surface area contributed by atoms with Gasteiger partial charge in [-0.05, 0) is 13.0 Å². The van der Waals surface area contributed by atoms with Gasteiger partial charge in [0.1, 0.15) is 23.0 Å². The third-order valence-corrected chi connectivity index (χ3v) is 1.86. The number of aromatic carboxylic acids is 1. The Bertz CT molecular complexity index is 517. The molecule has 0 amide bonds. The Morgan fingerprint density at radius 3 is 2.93 bits per heavy atom. The molecule has 0 saturated heterocycles. The first-order chi connectivity index (χ1) is 6.58. The van der Waals surface area contributed by atoms with Crippen molar-refractivity contribution in [3.63, 3.8) is 0 Å². The van der Waals surface area contributed by atoms with Gasteiger partial charge in [-0.1, -0.05) is 0 Å². The lowest BCUT2D eigenvalue weighted by atomic mass is 10.3. The summed E-state index contributed by atoms with van der Waals surface area (Å²) in [4.78, 5) is 21.3. The van der Waals surface area contributed by atoms with Crippen molar-refractivity contribution >= 4 is 22.8 Å². The zero-order valence-electron chi connectivity index (χ0n) is 7.40. The molecule has 0 bridgehead atoms. The minimum atomic E-state index is -1.04. The average molecular weight is 192 g/mol. The highest BCUT2D eigenvalue weighted by molar-refractivity contribution is 5.96. The quantitative estimate of drug-likeness (QED) is 0.611. The summed E-state index contributed by atoms with van der Waals surface area (Å²) in [5.41, 5.74) is 6.12. The second-order valence-corrected chi connectivity index (χ2v) is 2.91. The highest BCUT2D eigenvalue weighted by Crippen LogP contribution is 2.18. The van der Waals surface area contributed by atoms with Crippen LogP contribution in [0.4, 0.5) is 5.82 Å². The van der Waals surface area contributed by atoms with E-state index < -0.39 is 5.97 Å².